The third kappa shape index (κ3) is 1.79. The largest absolute Gasteiger partial charge is 0.479 e. The summed E-state index contributed by atoms with van der Waals surface area (Å²) < 4.78 is 5.05. The normalized spacial score (nSPS) is 12.9. The number of aliphatic hydroxyl groups is 1. The lowest BCUT2D eigenvalue weighted by atomic mass is 10.3. The van der Waals surface area contributed by atoms with Crippen molar-refractivity contribution in [2.45, 2.75) is 6.10 Å². The summed E-state index contributed by atoms with van der Waals surface area (Å²) in [5, 5.41) is 18.2. The number of carboxylic acids is 1. The summed E-state index contributed by atoms with van der Waals surface area (Å²) >= 11 is 5.70. The average Bonchev–Trinajstić information content (AvgIpc) is 2.58. The molecule has 0 radical (unpaired) electrons. The highest BCUT2D eigenvalue weighted by atomic mass is 35.5. The number of aliphatic hydroxyl groups excluding tert-OH is 1. The molecular weight excluding hydrogens is 222 g/mol. The summed E-state index contributed by atoms with van der Waals surface area (Å²) in [6, 6.07) is 4.69. The van der Waals surface area contributed by atoms with Gasteiger partial charge in [-0.25, -0.2) is 9.78 Å². The summed E-state index contributed by atoms with van der Waals surface area (Å²) in [6.45, 7) is 0. The molecule has 1 heterocycles. The van der Waals surface area contributed by atoms with E-state index in [1.807, 2.05) is 0 Å². The minimum absolute atomic E-state index is 0.250. The van der Waals surface area contributed by atoms with Gasteiger partial charge in [-0.15, -0.1) is 0 Å². The van der Waals surface area contributed by atoms with Crippen molar-refractivity contribution in [1.82, 2.24) is 4.98 Å². The van der Waals surface area contributed by atoms with E-state index in [9.17, 15) is 9.90 Å². The maximum Gasteiger partial charge on any atom is 0.342 e. The van der Waals surface area contributed by atoms with Gasteiger partial charge in [-0.2, -0.15) is 0 Å². The summed E-state index contributed by atoms with van der Waals surface area (Å²) in [5.74, 6) is -1.66. The Kier molecular flexibility index (Phi) is 2.34. The number of rotatable bonds is 2. The molecule has 2 aromatic rings. The Morgan fingerprint density at radius 1 is 1.53 bits per heavy atom. The van der Waals surface area contributed by atoms with Crippen molar-refractivity contribution in [2.75, 3.05) is 0 Å². The lowest BCUT2D eigenvalue weighted by Crippen LogP contribution is -2.10. The Labute approximate surface area is 88.9 Å². The van der Waals surface area contributed by atoms with Crippen LogP contribution in [0.4, 0.5) is 0 Å². The molecule has 1 aromatic carbocycles. The molecule has 15 heavy (non-hydrogen) atoms. The summed E-state index contributed by atoms with van der Waals surface area (Å²) in [4.78, 5) is 14.3. The van der Waals surface area contributed by atoms with E-state index in [1.54, 1.807) is 12.1 Å². The van der Waals surface area contributed by atoms with Gasteiger partial charge in [0.1, 0.15) is 5.52 Å². The monoisotopic (exact) mass is 227 g/mol. The lowest BCUT2D eigenvalue weighted by molar-refractivity contribution is -0.148. The maximum absolute atomic E-state index is 10.5. The first-order valence-electron chi connectivity index (χ1n) is 4.05. The number of benzene rings is 1. The summed E-state index contributed by atoms with van der Waals surface area (Å²) in [5.41, 5.74) is 0.799. The van der Waals surface area contributed by atoms with Gasteiger partial charge in [0.2, 0.25) is 12.0 Å². The number of hydrogen-bond donors (Lipinski definition) is 2. The number of aliphatic carboxylic acids is 1. The smallest absolute Gasteiger partial charge is 0.342 e. The van der Waals surface area contributed by atoms with Crippen molar-refractivity contribution in [2.24, 2.45) is 0 Å². The first kappa shape index (κ1) is 9.95. The van der Waals surface area contributed by atoms with Crippen LogP contribution in [0.2, 0.25) is 5.02 Å². The number of halogens is 1. The van der Waals surface area contributed by atoms with Crippen LogP contribution >= 0.6 is 11.6 Å². The Hall–Kier alpha value is -1.59. The third-order valence-corrected chi connectivity index (χ3v) is 2.07. The number of hydrogen-bond acceptors (Lipinski definition) is 4. The minimum atomic E-state index is -1.75. The van der Waals surface area contributed by atoms with Gasteiger partial charge in [-0.3, -0.25) is 0 Å². The third-order valence-electron chi connectivity index (χ3n) is 1.83. The highest BCUT2D eigenvalue weighted by molar-refractivity contribution is 6.31. The molecule has 0 saturated carbocycles. The topological polar surface area (TPSA) is 83.6 Å². The van der Waals surface area contributed by atoms with Gasteiger partial charge in [0.15, 0.2) is 5.58 Å². The van der Waals surface area contributed by atoms with Crippen LogP contribution in [0.1, 0.15) is 12.0 Å². The van der Waals surface area contributed by atoms with Gasteiger partial charge in [0.25, 0.3) is 0 Å². The van der Waals surface area contributed by atoms with Crippen LogP contribution in [0.3, 0.4) is 0 Å². The molecule has 1 aromatic heterocycles. The predicted molar refractivity (Wildman–Crippen MR) is 51.6 cm³/mol. The molecule has 5 nitrogen and oxygen atoms in total. The van der Waals surface area contributed by atoms with Crippen LogP contribution in [-0.4, -0.2) is 21.2 Å². The van der Waals surface area contributed by atoms with Gasteiger partial charge in [-0.1, -0.05) is 11.6 Å². The zero-order chi connectivity index (χ0) is 11.0. The van der Waals surface area contributed by atoms with Gasteiger partial charge in [-0.05, 0) is 12.1 Å². The Morgan fingerprint density at radius 2 is 2.27 bits per heavy atom. The second-order valence-electron chi connectivity index (χ2n) is 2.90. The molecule has 2 rings (SSSR count). The number of fused-ring (bicyclic) bond motifs is 1. The van der Waals surface area contributed by atoms with Crippen LogP contribution in [0, 0.1) is 0 Å². The second-order valence-corrected chi connectivity index (χ2v) is 3.34. The van der Waals surface area contributed by atoms with E-state index in [1.165, 1.54) is 6.07 Å². The fourth-order valence-electron chi connectivity index (χ4n) is 1.14. The van der Waals surface area contributed by atoms with E-state index in [4.69, 9.17) is 21.1 Å². The molecule has 0 fully saturated rings. The maximum atomic E-state index is 10.5. The molecule has 1 atom stereocenters. The number of nitrogens with zero attached hydrogens (tertiary/aromatic N) is 1. The zero-order valence-electron chi connectivity index (χ0n) is 7.35. The number of aromatic nitrogens is 1. The molecule has 0 saturated heterocycles. The van der Waals surface area contributed by atoms with Crippen molar-refractivity contribution in [1.29, 1.82) is 0 Å². The molecule has 1 unspecified atom stereocenters. The van der Waals surface area contributed by atoms with Crippen molar-refractivity contribution >= 4 is 28.7 Å². The summed E-state index contributed by atoms with van der Waals surface area (Å²) in [7, 11) is 0. The zero-order valence-corrected chi connectivity index (χ0v) is 8.10. The van der Waals surface area contributed by atoms with Crippen molar-refractivity contribution < 1.29 is 19.4 Å². The molecule has 0 amide bonds. The molecule has 2 N–H and O–H groups in total. The van der Waals surface area contributed by atoms with E-state index in [2.05, 4.69) is 4.98 Å². The van der Waals surface area contributed by atoms with Crippen LogP contribution < -0.4 is 0 Å². The first-order chi connectivity index (χ1) is 7.08. The van der Waals surface area contributed by atoms with E-state index < -0.39 is 12.1 Å². The Balaban J connectivity index is 2.51. The molecule has 0 aliphatic heterocycles. The molecule has 0 bridgehead atoms. The van der Waals surface area contributed by atoms with Crippen molar-refractivity contribution in [3.63, 3.8) is 0 Å². The SMILES string of the molecule is O=C(O)C(O)c1nc2ccc(Cl)cc2o1. The minimum Gasteiger partial charge on any atom is -0.479 e. The van der Waals surface area contributed by atoms with Gasteiger partial charge in [0.05, 0.1) is 0 Å². The highest BCUT2D eigenvalue weighted by Gasteiger charge is 2.22. The van der Waals surface area contributed by atoms with Crippen molar-refractivity contribution in [3.05, 3.63) is 29.1 Å². The fourth-order valence-corrected chi connectivity index (χ4v) is 1.30. The second kappa shape index (κ2) is 3.52. The predicted octanol–water partition coefficient (Wildman–Crippen LogP) is 1.60. The molecule has 78 valence electrons. The quantitative estimate of drug-likeness (QED) is 0.814. The van der Waals surface area contributed by atoms with Gasteiger partial charge in [0, 0.05) is 11.1 Å². The van der Waals surface area contributed by atoms with E-state index in [0.717, 1.165) is 0 Å². The number of carbonyl (C=O) groups is 1. The summed E-state index contributed by atoms with van der Waals surface area (Å²) in [6.07, 6.45) is -1.75. The molecular formula is C9H6ClNO4. The molecule has 6 heteroatoms. The Bertz CT molecular complexity index is 522. The standard InChI is InChI=1S/C9H6ClNO4/c10-4-1-2-5-6(3-4)15-8(11-5)7(12)9(13)14/h1-3,7,12H,(H,13,14). The molecule has 0 aliphatic carbocycles. The van der Waals surface area contributed by atoms with E-state index in [-0.39, 0.29) is 5.89 Å². The van der Waals surface area contributed by atoms with E-state index in [0.29, 0.717) is 16.1 Å². The Morgan fingerprint density at radius 3 is 2.93 bits per heavy atom. The van der Waals surface area contributed by atoms with Crippen LogP contribution in [0.25, 0.3) is 11.1 Å². The van der Waals surface area contributed by atoms with Gasteiger partial charge >= 0.3 is 5.97 Å². The van der Waals surface area contributed by atoms with Crippen LogP contribution in [-0.2, 0) is 4.79 Å². The van der Waals surface area contributed by atoms with Gasteiger partial charge < -0.3 is 14.6 Å². The lowest BCUT2D eigenvalue weighted by Gasteiger charge is -1.96. The van der Waals surface area contributed by atoms with E-state index >= 15 is 0 Å². The first-order valence-corrected chi connectivity index (χ1v) is 4.42. The fraction of sp³-hybridized carbons (Fsp3) is 0.111. The van der Waals surface area contributed by atoms with Crippen molar-refractivity contribution in [3.8, 4) is 0 Å². The van der Waals surface area contributed by atoms with Crippen LogP contribution in [0.15, 0.2) is 22.6 Å². The van der Waals surface area contributed by atoms with Crippen LogP contribution in [0.5, 0.6) is 0 Å². The average molecular weight is 228 g/mol. The molecule has 0 aliphatic rings. The number of oxazole rings is 1. The molecule has 0 spiro atoms. The number of carboxylic acid groups (broad SMARTS) is 1. The highest BCUT2D eigenvalue weighted by Crippen LogP contribution is 2.23.